The van der Waals surface area contributed by atoms with Crippen LogP contribution in [0.5, 0.6) is 5.75 Å². The molecule has 0 bridgehead atoms. The van der Waals surface area contributed by atoms with Gasteiger partial charge in [-0.05, 0) is 26.0 Å². The average molecular weight is 347 g/mol. The smallest absolute Gasteiger partial charge is 0.310 e. The molecule has 2 aromatic rings. The number of rotatable bonds is 4. The maximum absolute atomic E-state index is 12.2. The third-order valence-corrected chi connectivity index (χ3v) is 4.10. The molecule has 1 aromatic heterocycles. The number of ether oxygens (including phenoxy) is 2. The van der Waals surface area contributed by atoms with Gasteiger partial charge >= 0.3 is 5.97 Å². The van der Waals surface area contributed by atoms with E-state index in [9.17, 15) is 14.7 Å². The molecule has 2 heterocycles. The fourth-order valence-electron chi connectivity index (χ4n) is 3.03. The summed E-state index contributed by atoms with van der Waals surface area (Å²) in [6, 6.07) is 4.68. The molecule has 7 nitrogen and oxygen atoms in total. The molecule has 1 aromatic carbocycles. The molecule has 1 N–H and O–H groups in total. The number of phenolic OH excluding ortho intramolecular Hbond substituents is 1. The number of aromatic hydroxyl groups is 1. The number of fused-ring (bicyclic) bond motifs is 1. The Morgan fingerprint density at radius 1 is 1.28 bits per heavy atom. The summed E-state index contributed by atoms with van der Waals surface area (Å²) in [5, 5.41) is 10.2. The number of carbonyl (C=O) groups excluding carboxylic acids is 2. The minimum atomic E-state index is -0.501. The zero-order valence-electron chi connectivity index (χ0n) is 14.2. The monoisotopic (exact) mass is 347 g/mol. The molecule has 0 radical (unpaired) electrons. The first-order valence-corrected chi connectivity index (χ1v) is 8.20. The summed E-state index contributed by atoms with van der Waals surface area (Å²) < 4.78 is 16.0. The van der Waals surface area contributed by atoms with Crippen LogP contribution in [0.3, 0.4) is 0 Å². The number of amides is 1. The van der Waals surface area contributed by atoms with Crippen LogP contribution in [0.2, 0.25) is 0 Å². The lowest BCUT2D eigenvalue weighted by Gasteiger charge is -2.35. The Morgan fingerprint density at radius 2 is 2.00 bits per heavy atom. The van der Waals surface area contributed by atoms with Gasteiger partial charge in [-0.3, -0.25) is 9.59 Å². The van der Waals surface area contributed by atoms with E-state index in [1.54, 1.807) is 11.0 Å². The second kappa shape index (κ2) is 7.14. The zero-order chi connectivity index (χ0) is 18.0. The summed E-state index contributed by atoms with van der Waals surface area (Å²) in [6.07, 6.45) is 1.40. The maximum Gasteiger partial charge on any atom is 0.310 e. The van der Waals surface area contributed by atoms with Crippen molar-refractivity contribution in [2.75, 3.05) is 19.7 Å². The highest BCUT2D eigenvalue weighted by molar-refractivity contribution is 5.87. The number of benzene rings is 1. The van der Waals surface area contributed by atoms with E-state index in [1.807, 2.05) is 13.8 Å². The largest absolute Gasteiger partial charge is 0.508 e. The van der Waals surface area contributed by atoms with Crippen molar-refractivity contribution in [2.24, 2.45) is 0 Å². The number of morpholine rings is 1. The number of esters is 1. The van der Waals surface area contributed by atoms with Crippen molar-refractivity contribution >= 4 is 22.8 Å². The molecule has 0 unspecified atom stereocenters. The highest BCUT2D eigenvalue weighted by Crippen LogP contribution is 2.25. The van der Waals surface area contributed by atoms with E-state index >= 15 is 0 Å². The first-order valence-electron chi connectivity index (χ1n) is 8.20. The number of phenols is 1. The summed E-state index contributed by atoms with van der Waals surface area (Å²) in [5.41, 5.74) is 1.15. The first kappa shape index (κ1) is 17.3. The van der Waals surface area contributed by atoms with Gasteiger partial charge in [-0.2, -0.15) is 0 Å². The Labute approximate surface area is 145 Å². The summed E-state index contributed by atoms with van der Waals surface area (Å²) in [5.74, 6) is -0.633. The number of hydrogen-bond donors (Lipinski definition) is 1. The topological polar surface area (TPSA) is 89.2 Å². The van der Waals surface area contributed by atoms with Crippen LogP contribution in [-0.4, -0.2) is 53.8 Å². The van der Waals surface area contributed by atoms with Crippen LogP contribution in [0.4, 0.5) is 0 Å². The van der Waals surface area contributed by atoms with E-state index in [-0.39, 0.29) is 36.9 Å². The van der Waals surface area contributed by atoms with Crippen molar-refractivity contribution in [1.29, 1.82) is 0 Å². The summed E-state index contributed by atoms with van der Waals surface area (Å²) in [6.45, 7) is 4.52. The van der Waals surface area contributed by atoms with E-state index in [2.05, 4.69) is 0 Å². The standard InChI is InChI=1S/C18H21NO6/c1-11-7-19(8-12(2)25-11)17(21)10-24-18(22)5-13-9-23-16-6-14(20)3-4-15(13)16/h3-4,6,9,11-12,20H,5,7-8,10H2,1-2H3/t11-,12-/m0/s1. The fourth-order valence-corrected chi connectivity index (χ4v) is 3.03. The van der Waals surface area contributed by atoms with E-state index in [0.29, 0.717) is 24.2 Å². The SMILES string of the molecule is C[C@H]1CN(C(=O)COC(=O)Cc2coc3cc(O)ccc23)C[C@H](C)O1. The third kappa shape index (κ3) is 4.11. The molecule has 25 heavy (non-hydrogen) atoms. The Hall–Kier alpha value is -2.54. The van der Waals surface area contributed by atoms with Gasteiger partial charge in [0.15, 0.2) is 6.61 Å². The predicted octanol–water partition coefficient (Wildman–Crippen LogP) is 1.86. The number of carbonyl (C=O) groups is 2. The van der Waals surface area contributed by atoms with Crippen LogP contribution in [0.15, 0.2) is 28.9 Å². The van der Waals surface area contributed by atoms with Gasteiger partial charge < -0.3 is 23.9 Å². The predicted molar refractivity (Wildman–Crippen MR) is 89.1 cm³/mol. The van der Waals surface area contributed by atoms with Gasteiger partial charge in [0, 0.05) is 30.1 Å². The van der Waals surface area contributed by atoms with Crippen LogP contribution in [0, 0.1) is 0 Å². The molecule has 0 aliphatic carbocycles. The van der Waals surface area contributed by atoms with E-state index in [4.69, 9.17) is 13.9 Å². The molecule has 1 saturated heterocycles. The maximum atomic E-state index is 12.2. The molecule has 3 rings (SSSR count). The average Bonchev–Trinajstić information content (AvgIpc) is 2.93. The first-order chi connectivity index (χ1) is 11.9. The molecule has 0 saturated carbocycles. The molecular formula is C18H21NO6. The second-order valence-corrected chi connectivity index (χ2v) is 6.33. The van der Waals surface area contributed by atoms with E-state index in [1.165, 1.54) is 18.4 Å². The van der Waals surface area contributed by atoms with Gasteiger partial charge in [-0.15, -0.1) is 0 Å². The van der Waals surface area contributed by atoms with Gasteiger partial charge in [-0.25, -0.2) is 0 Å². The van der Waals surface area contributed by atoms with Crippen LogP contribution in [0.1, 0.15) is 19.4 Å². The van der Waals surface area contributed by atoms with E-state index < -0.39 is 5.97 Å². The minimum Gasteiger partial charge on any atom is -0.508 e. The van der Waals surface area contributed by atoms with E-state index in [0.717, 1.165) is 5.39 Å². The Morgan fingerprint density at radius 3 is 2.72 bits per heavy atom. The van der Waals surface area contributed by atoms with Gasteiger partial charge in [0.1, 0.15) is 11.3 Å². The van der Waals surface area contributed by atoms with Crippen molar-refractivity contribution < 1.29 is 28.6 Å². The van der Waals surface area contributed by atoms with Gasteiger partial charge in [0.25, 0.3) is 5.91 Å². The highest BCUT2D eigenvalue weighted by atomic mass is 16.5. The van der Waals surface area contributed by atoms with Gasteiger partial charge in [-0.1, -0.05) is 0 Å². The fraction of sp³-hybridized carbons (Fsp3) is 0.444. The Kier molecular flexibility index (Phi) is 4.94. The quantitative estimate of drug-likeness (QED) is 0.849. The third-order valence-electron chi connectivity index (χ3n) is 4.10. The number of furan rings is 1. The summed E-state index contributed by atoms with van der Waals surface area (Å²) in [7, 11) is 0. The van der Waals surface area contributed by atoms with Crippen LogP contribution in [-0.2, 0) is 25.5 Å². The molecule has 2 atom stereocenters. The lowest BCUT2D eigenvalue weighted by atomic mass is 10.1. The molecule has 0 spiro atoms. The summed E-state index contributed by atoms with van der Waals surface area (Å²) >= 11 is 0. The molecular weight excluding hydrogens is 326 g/mol. The van der Waals surface area contributed by atoms with Crippen molar-refractivity contribution in [2.45, 2.75) is 32.5 Å². The molecule has 7 heteroatoms. The van der Waals surface area contributed by atoms with Gasteiger partial charge in [0.2, 0.25) is 0 Å². The van der Waals surface area contributed by atoms with Crippen molar-refractivity contribution in [3.8, 4) is 5.75 Å². The molecule has 134 valence electrons. The Balaban J connectivity index is 1.54. The van der Waals surface area contributed by atoms with Crippen LogP contribution >= 0.6 is 0 Å². The molecule has 1 amide bonds. The number of hydrogen-bond acceptors (Lipinski definition) is 6. The lowest BCUT2D eigenvalue weighted by Crippen LogP contribution is -2.49. The van der Waals surface area contributed by atoms with Crippen molar-refractivity contribution in [1.82, 2.24) is 4.90 Å². The van der Waals surface area contributed by atoms with Crippen LogP contribution in [0.25, 0.3) is 11.0 Å². The molecule has 1 fully saturated rings. The summed E-state index contributed by atoms with van der Waals surface area (Å²) in [4.78, 5) is 25.9. The minimum absolute atomic E-state index is 0.000964. The highest BCUT2D eigenvalue weighted by Gasteiger charge is 2.26. The number of nitrogens with zero attached hydrogens (tertiary/aromatic N) is 1. The lowest BCUT2D eigenvalue weighted by molar-refractivity contribution is -0.156. The normalized spacial score (nSPS) is 20.6. The van der Waals surface area contributed by atoms with Crippen molar-refractivity contribution in [3.05, 3.63) is 30.0 Å². The Bertz CT molecular complexity index is 773. The van der Waals surface area contributed by atoms with Crippen LogP contribution < -0.4 is 0 Å². The van der Waals surface area contributed by atoms with Gasteiger partial charge in [0.05, 0.1) is 24.9 Å². The van der Waals surface area contributed by atoms with Crippen molar-refractivity contribution in [3.63, 3.8) is 0 Å². The molecule has 1 aliphatic rings. The second-order valence-electron chi connectivity index (χ2n) is 6.33. The molecule has 1 aliphatic heterocycles. The zero-order valence-corrected chi connectivity index (χ0v) is 14.2.